The number of hydrogen-bond acceptors (Lipinski definition) is 4. The normalized spacial score (nSPS) is 10.2. The van der Waals surface area contributed by atoms with E-state index in [1.165, 1.54) is 24.3 Å². The van der Waals surface area contributed by atoms with Crippen molar-refractivity contribution in [2.45, 2.75) is 6.61 Å². The molecule has 0 spiro atoms. The standard InChI is InChI=1S/C11H9FN2O3/c12-7-2-1-3-8(4-7)13-11(16)10-5-9(6-15)17-14-10/h1-5,15H,6H2,(H,13,16). The van der Waals surface area contributed by atoms with E-state index < -0.39 is 11.7 Å². The van der Waals surface area contributed by atoms with Crippen molar-refractivity contribution in [3.05, 3.63) is 47.6 Å². The van der Waals surface area contributed by atoms with Crippen LogP contribution in [0.25, 0.3) is 0 Å². The van der Waals surface area contributed by atoms with Crippen LogP contribution in [0.2, 0.25) is 0 Å². The first-order valence-electron chi connectivity index (χ1n) is 4.82. The molecule has 5 nitrogen and oxygen atoms in total. The number of anilines is 1. The number of aromatic nitrogens is 1. The van der Waals surface area contributed by atoms with Crippen molar-refractivity contribution in [1.82, 2.24) is 5.16 Å². The fraction of sp³-hybridized carbons (Fsp3) is 0.0909. The summed E-state index contributed by atoms with van der Waals surface area (Å²) in [5, 5.41) is 14.7. The average Bonchev–Trinajstić information content (AvgIpc) is 2.77. The van der Waals surface area contributed by atoms with E-state index in [4.69, 9.17) is 5.11 Å². The van der Waals surface area contributed by atoms with Crippen molar-refractivity contribution in [2.24, 2.45) is 0 Å². The van der Waals surface area contributed by atoms with Gasteiger partial charge in [0, 0.05) is 11.8 Å². The molecule has 2 N–H and O–H groups in total. The molecule has 2 rings (SSSR count). The number of aliphatic hydroxyl groups is 1. The Morgan fingerprint density at radius 1 is 1.47 bits per heavy atom. The third kappa shape index (κ3) is 2.67. The maximum atomic E-state index is 12.9. The quantitative estimate of drug-likeness (QED) is 0.847. The first-order valence-corrected chi connectivity index (χ1v) is 4.82. The lowest BCUT2D eigenvalue weighted by atomic mass is 10.3. The molecule has 2 aromatic rings. The van der Waals surface area contributed by atoms with Gasteiger partial charge < -0.3 is 14.9 Å². The highest BCUT2D eigenvalue weighted by Crippen LogP contribution is 2.11. The monoisotopic (exact) mass is 236 g/mol. The molecule has 0 unspecified atom stereocenters. The molecule has 0 aliphatic carbocycles. The molecule has 1 aromatic carbocycles. The highest BCUT2D eigenvalue weighted by atomic mass is 19.1. The zero-order valence-electron chi connectivity index (χ0n) is 8.68. The lowest BCUT2D eigenvalue weighted by molar-refractivity contribution is 0.101. The van der Waals surface area contributed by atoms with Crippen LogP contribution in [0.1, 0.15) is 16.2 Å². The molecule has 17 heavy (non-hydrogen) atoms. The van der Waals surface area contributed by atoms with E-state index in [0.717, 1.165) is 0 Å². The van der Waals surface area contributed by atoms with E-state index in [-0.39, 0.29) is 18.1 Å². The van der Waals surface area contributed by atoms with Gasteiger partial charge in [0.05, 0.1) is 0 Å². The van der Waals surface area contributed by atoms with Crippen LogP contribution in [0, 0.1) is 5.82 Å². The van der Waals surface area contributed by atoms with Crippen LogP contribution in [-0.4, -0.2) is 16.2 Å². The molecular weight excluding hydrogens is 227 g/mol. The van der Waals surface area contributed by atoms with E-state index >= 15 is 0 Å². The van der Waals surface area contributed by atoms with Gasteiger partial charge in [-0.15, -0.1) is 0 Å². The molecule has 1 amide bonds. The van der Waals surface area contributed by atoms with Crippen LogP contribution < -0.4 is 5.32 Å². The van der Waals surface area contributed by atoms with Crippen molar-refractivity contribution in [3.63, 3.8) is 0 Å². The Morgan fingerprint density at radius 2 is 2.29 bits per heavy atom. The van der Waals surface area contributed by atoms with Gasteiger partial charge in [0.1, 0.15) is 12.4 Å². The van der Waals surface area contributed by atoms with Crippen LogP contribution in [0.3, 0.4) is 0 Å². The number of aliphatic hydroxyl groups excluding tert-OH is 1. The van der Waals surface area contributed by atoms with Gasteiger partial charge in [0.15, 0.2) is 11.5 Å². The van der Waals surface area contributed by atoms with Crippen molar-refractivity contribution in [2.75, 3.05) is 5.32 Å². The minimum absolute atomic E-state index is 0.0262. The molecule has 0 saturated heterocycles. The Morgan fingerprint density at radius 3 is 2.94 bits per heavy atom. The number of hydrogen-bond donors (Lipinski definition) is 2. The summed E-state index contributed by atoms with van der Waals surface area (Å²) in [7, 11) is 0. The number of carbonyl (C=O) groups excluding carboxylic acids is 1. The minimum atomic E-state index is -0.529. The van der Waals surface area contributed by atoms with Gasteiger partial charge in [-0.25, -0.2) is 4.39 Å². The Hall–Kier alpha value is -2.21. The second kappa shape index (κ2) is 4.75. The second-order valence-electron chi connectivity index (χ2n) is 3.30. The fourth-order valence-corrected chi connectivity index (χ4v) is 1.26. The van der Waals surface area contributed by atoms with E-state index in [0.29, 0.717) is 5.69 Å². The van der Waals surface area contributed by atoms with E-state index in [2.05, 4.69) is 15.0 Å². The van der Waals surface area contributed by atoms with Crippen LogP contribution in [0.4, 0.5) is 10.1 Å². The molecule has 1 aromatic heterocycles. The number of nitrogens with one attached hydrogen (secondary N) is 1. The molecule has 1 heterocycles. The summed E-state index contributed by atoms with van der Waals surface area (Å²) in [4.78, 5) is 11.6. The van der Waals surface area contributed by atoms with Gasteiger partial charge in [-0.05, 0) is 18.2 Å². The van der Waals surface area contributed by atoms with Gasteiger partial charge in [0.2, 0.25) is 0 Å². The molecule has 0 aliphatic heterocycles. The summed E-state index contributed by atoms with van der Waals surface area (Å²) in [5.41, 5.74) is 0.349. The lowest BCUT2D eigenvalue weighted by Gasteiger charge is -2.01. The Bertz CT molecular complexity index is 539. The van der Waals surface area contributed by atoms with Crippen molar-refractivity contribution in [3.8, 4) is 0 Å². The van der Waals surface area contributed by atoms with Gasteiger partial charge in [0.25, 0.3) is 5.91 Å². The van der Waals surface area contributed by atoms with Gasteiger partial charge in [-0.1, -0.05) is 11.2 Å². The smallest absolute Gasteiger partial charge is 0.277 e. The average molecular weight is 236 g/mol. The van der Waals surface area contributed by atoms with E-state index in [1.54, 1.807) is 6.07 Å². The predicted molar refractivity (Wildman–Crippen MR) is 56.8 cm³/mol. The molecule has 0 saturated carbocycles. The largest absolute Gasteiger partial charge is 0.388 e. The predicted octanol–water partition coefficient (Wildman–Crippen LogP) is 1.56. The van der Waals surface area contributed by atoms with Crippen LogP contribution in [-0.2, 0) is 6.61 Å². The first kappa shape index (κ1) is 11.3. The number of rotatable bonds is 3. The first-order chi connectivity index (χ1) is 8.19. The summed E-state index contributed by atoms with van der Waals surface area (Å²) in [6.07, 6.45) is 0. The number of benzene rings is 1. The summed E-state index contributed by atoms with van der Waals surface area (Å²) < 4.78 is 17.5. The van der Waals surface area contributed by atoms with Gasteiger partial charge >= 0.3 is 0 Å². The number of carbonyl (C=O) groups is 1. The summed E-state index contributed by atoms with van der Waals surface area (Å²) >= 11 is 0. The zero-order valence-corrected chi connectivity index (χ0v) is 8.68. The van der Waals surface area contributed by atoms with Crippen LogP contribution >= 0.6 is 0 Å². The van der Waals surface area contributed by atoms with Crippen LogP contribution in [0.5, 0.6) is 0 Å². The molecule has 0 aliphatic rings. The summed E-state index contributed by atoms with van der Waals surface area (Å²) in [6.45, 7) is -0.333. The number of amides is 1. The molecule has 0 bridgehead atoms. The Labute approximate surface area is 95.9 Å². The fourth-order valence-electron chi connectivity index (χ4n) is 1.26. The molecule has 0 radical (unpaired) electrons. The number of halogens is 1. The van der Waals surface area contributed by atoms with Crippen LogP contribution in [0.15, 0.2) is 34.9 Å². The molecule has 6 heteroatoms. The topological polar surface area (TPSA) is 75.4 Å². The van der Waals surface area contributed by atoms with E-state index in [1.807, 2.05) is 0 Å². The molecule has 88 valence electrons. The zero-order chi connectivity index (χ0) is 12.3. The molecule has 0 fully saturated rings. The minimum Gasteiger partial charge on any atom is -0.388 e. The molecular formula is C11H9FN2O3. The van der Waals surface area contributed by atoms with Crippen molar-refractivity contribution < 1.29 is 18.8 Å². The van der Waals surface area contributed by atoms with Crippen molar-refractivity contribution >= 4 is 11.6 Å². The summed E-state index contributed by atoms with van der Waals surface area (Å²) in [5.74, 6) is -0.785. The van der Waals surface area contributed by atoms with E-state index in [9.17, 15) is 9.18 Å². The lowest BCUT2D eigenvalue weighted by Crippen LogP contribution is -2.12. The summed E-state index contributed by atoms with van der Waals surface area (Å²) in [6, 6.07) is 6.80. The SMILES string of the molecule is O=C(Nc1cccc(F)c1)c1cc(CO)on1. The second-order valence-corrected chi connectivity index (χ2v) is 3.30. The third-order valence-electron chi connectivity index (χ3n) is 2.03. The van der Waals surface area contributed by atoms with Gasteiger partial charge in [-0.2, -0.15) is 0 Å². The number of nitrogens with zero attached hydrogens (tertiary/aromatic N) is 1. The Balaban J connectivity index is 2.11. The Kier molecular flexibility index (Phi) is 3.15. The van der Waals surface area contributed by atoms with Crippen molar-refractivity contribution in [1.29, 1.82) is 0 Å². The van der Waals surface area contributed by atoms with Gasteiger partial charge in [-0.3, -0.25) is 4.79 Å². The maximum Gasteiger partial charge on any atom is 0.277 e. The highest BCUT2D eigenvalue weighted by molar-refractivity contribution is 6.02. The highest BCUT2D eigenvalue weighted by Gasteiger charge is 2.12. The maximum absolute atomic E-state index is 12.9. The molecule has 0 atom stereocenters. The third-order valence-corrected chi connectivity index (χ3v) is 2.03.